The van der Waals surface area contributed by atoms with E-state index in [1.165, 1.54) is 12.1 Å². The van der Waals surface area contributed by atoms with E-state index in [4.69, 9.17) is 32.8 Å². The molecule has 1 aromatic carbocycles. The molecule has 0 N–H and O–H groups in total. The standard InChI is InChI=1S/C26H37NO13Si/c1-14(28)36-20-21(37-15(2)29)23(38-16(3)30)25(40-22(20)24(31)34-7)39-19-12-18(27(32)33)11-10-17(19)13-35-41(8,9)26(4,5)6/h10-12,20-23,25H,13H2,1-9H3/t20-,21-,22-,23+,25+/m0/s1. The fourth-order valence-electron chi connectivity index (χ4n) is 3.66. The van der Waals surface area contributed by atoms with Gasteiger partial charge in [-0.1, -0.05) is 20.8 Å². The molecule has 41 heavy (non-hydrogen) atoms. The fraction of sp³-hybridized carbons (Fsp3) is 0.615. The summed E-state index contributed by atoms with van der Waals surface area (Å²) in [6.45, 7) is 13.4. The minimum atomic E-state index is -2.28. The number of rotatable bonds is 10. The van der Waals surface area contributed by atoms with Gasteiger partial charge in [-0.05, 0) is 24.2 Å². The first-order chi connectivity index (χ1) is 18.9. The summed E-state index contributed by atoms with van der Waals surface area (Å²) in [5.74, 6) is -3.63. The number of nitro benzene ring substituents is 1. The van der Waals surface area contributed by atoms with Crippen molar-refractivity contribution in [3.8, 4) is 5.75 Å². The van der Waals surface area contributed by atoms with Crippen molar-refractivity contribution in [2.24, 2.45) is 0 Å². The maximum atomic E-state index is 12.7. The van der Waals surface area contributed by atoms with E-state index in [0.717, 1.165) is 33.9 Å². The summed E-state index contributed by atoms with van der Waals surface area (Å²) in [7, 11) is -1.22. The van der Waals surface area contributed by atoms with Crippen LogP contribution in [0.4, 0.5) is 5.69 Å². The number of esters is 4. The van der Waals surface area contributed by atoms with E-state index < -0.39 is 67.8 Å². The Morgan fingerprint density at radius 3 is 1.98 bits per heavy atom. The third kappa shape index (κ3) is 8.71. The Morgan fingerprint density at radius 2 is 1.49 bits per heavy atom. The molecule has 0 spiro atoms. The van der Waals surface area contributed by atoms with E-state index >= 15 is 0 Å². The Morgan fingerprint density at radius 1 is 0.951 bits per heavy atom. The van der Waals surface area contributed by atoms with Gasteiger partial charge in [-0.3, -0.25) is 24.5 Å². The molecular formula is C26H37NO13Si. The quantitative estimate of drug-likeness (QED) is 0.126. The third-order valence-corrected chi connectivity index (χ3v) is 11.2. The smallest absolute Gasteiger partial charge is 0.339 e. The summed E-state index contributed by atoms with van der Waals surface area (Å²) in [6, 6.07) is 3.86. The Hall–Kier alpha value is -3.56. The van der Waals surface area contributed by atoms with Gasteiger partial charge in [-0.15, -0.1) is 0 Å². The van der Waals surface area contributed by atoms with E-state index in [-0.39, 0.29) is 23.1 Å². The van der Waals surface area contributed by atoms with Crippen molar-refractivity contribution in [2.45, 2.75) is 97.0 Å². The zero-order chi connectivity index (χ0) is 31.3. The zero-order valence-corrected chi connectivity index (χ0v) is 25.6. The van der Waals surface area contributed by atoms with Crippen LogP contribution in [0.25, 0.3) is 0 Å². The van der Waals surface area contributed by atoms with E-state index in [1.54, 1.807) is 0 Å². The summed E-state index contributed by atoms with van der Waals surface area (Å²) in [5.41, 5.74) is 0.0705. The van der Waals surface area contributed by atoms with Crippen LogP contribution in [-0.2, 0) is 53.9 Å². The van der Waals surface area contributed by atoms with Gasteiger partial charge in [-0.2, -0.15) is 0 Å². The lowest BCUT2D eigenvalue weighted by atomic mass is 9.97. The normalized spacial score (nSPS) is 22.7. The van der Waals surface area contributed by atoms with Crippen molar-refractivity contribution in [3.63, 3.8) is 0 Å². The van der Waals surface area contributed by atoms with Gasteiger partial charge in [0.15, 0.2) is 26.6 Å². The SMILES string of the molecule is COC(=O)[C@H]1O[C@@H](Oc2cc([N+](=O)[O-])ccc2CO[Si](C)(C)C(C)(C)C)[C@H](OC(C)=O)[C@@H](OC(C)=O)[C@@H]1OC(C)=O. The monoisotopic (exact) mass is 599 g/mol. The number of nitro groups is 1. The number of hydrogen-bond donors (Lipinski definition) is 0. The maximum absolute atomic E-state index is 12.7. The molecule has 0 unspecified atom stereocenters. The van der Waals surface area contributed by atoms with Crippen LogP contribution in [0.5, 0.6) is 5.75 Å². The molecule has 2 rings (SSSR count). The number of hydrogen-bond acceptors (Lipinski definition) is 13. The predicted octanol–water partition coefficient (Wildman–Crippen LogP) is 3.19. The average Bonchev–Trinajstić information content (AvgIpc) is 2.84. The highest BCUT2D eigenvalue weighted by atomic mass is 28.4. The van der Waals surface area contributed by atoms with Crippen LogP contribution < -0.4 is 4.74 Å². The molecule has 0 amide bonds. The molecule has 5 atom stereocenters. The lowest BCUT2D eigenvalue weighted by molar-refractivity contribution is -0.385. The van der Waals surface area contributed by atoms with Gasteiger partial charge in [-0.25, -0.2) is 4.79 Å². The van der Waals surface area contributed by atoms with Crippen LogP contribution in [0, 0.1) is 10.1 Å². The number of methoxy groups -OCH3 is 1. The lowest BCUT2D eigenvalue weighted by Gasteiger charge is -2.43. The molecule has 1 saturated heterocycles. The molecule has 1 fully saturated rings. The highest BCUT2D eigenvalue weighted by Gasteiger charge is 2.56. The molecule has 1 aliphatic heterocycles. The molecule has 15 heteroatoms. The van der Waals surface area contributed by atoms with Gasteiger partial charge in [0.2, 0.25) is 12.4 Å². The summed E-state index contributed by atoms with van der Waals surface area (Å²) in [5, 5.41) is 11.4. The van der Waals surface area contributed by atoms with Crippen molar-refractivity contribution in [2.75, 3.05) is 7.11 Å². The van der Waals surface area contributed by atoms with Gasteiger partial charge in [0.25, 0.3) is 5.69 Å². The summed E-state index contributed by atoms with van der Waals surface area (Å²) >= 11 is 0. The van der Waals surface area contributed by atoms with E-state index in [9.17, 15) is 29.3 Å². The highest BCUT2D eigenvalue weighted by Crippen LogP contribution is 2.39. The number of non-ortho nitro benzene ring substituents is 1. The van der Waals surface area contributed by atoms with Crippen LogP contribution in [0.2, 0.25) is 18.1 Å². The molecule has 228 valence electrons. The van der Waals surface area contributed by atoms with Crippen LogP contribution in [0.1, 0.15) is 47.1 Å². The van der Waals surface area contributed by atoms with Crippen LogP contribution >= 0.6 is 0 Å². The fourth-order valence-corrected chi connectivity index (χ4v) is 4.61. The largest absolute Gasteiger partial charge is 0.467 e. The van der Waals surface area contributed by atoms with Gasteiger partial charge in [0.1, 0.15) is 5.75 Å². The molecular weight excluding hydrogens is 562 g/mol. The predicted molar refractivity (Wildman–Crippen MR) is 143 cm³/mol. The minimum absolute atomic E-state index is 0.0125. The van der Waals surface area contributed by atoms with Crippen molar-refractivity contribution < 1.29 is 56.9 Å². The third-order valence-electron chi connectivity index (χ3n) is 6.73. The summed E-state index contributed by atoms with van der Waals surface area (Å²) in [4.78, 5) is 59.6. The molecule has 0 bridgehead atoms. The number of carbonyl (C=O) groups is 4. The second kappa shape index (κ2) is 13.4. The Labute approximate surface area is 238 Å². The molecule has 14 nitrogen and oxygen atoms in total. The van der Waals surface area contributed by atoms with Crippen LogP contribution in [0.3, 0.4) is 0 Å². The van der Waals surface area contributed by atoms with Gasteiger partial charge in [0, 0.05) is 32.4 Å². The molecule has 0 aromatic heterocycles. The Bertz CT molecular complexity index is 1160. The molecule has 1 aromatic rings. The van der Waals surface area contributed by atoms with Crippen LogP contribution in [0.15, 0.2) is 18.2 Å². The average molecular weight is 600 g/mol. The van der Waals surface area contributed by atoms with E-state index in [0.29, 0.717) is 5.56 Å². The van der Waals surface area contributed by atoms with E-state index in [2.05, 4.69) is 0 Å². The summed E-state index contributed by atoms with van der Waals surface area (Å²) in [6.07, 6.45) is -8.09. The van der Waals surface area contributed by atoms with Crippen LogP contribution in [-0.4, -0.2) is 74.9 Å². The van der Waals surface area contributed by atoms with Gasteiger partial charge in [0.05, 0.1) is 24.7 Å². The number of benzene rings is 1. The number of carbonyl (C=O) groups excluding carboxylic acids is 4. The maximum Gasteiger partial charge on any atom is 0.339 e. The molecule has 0 aliphatic carbocycles. The molecule has 0 radical (unpaired) electrons. The first-order valence-electron chi connectivity index (χ1n) is 12.7. The molecule has 1 aliphatic rings. The zero-order valence-electron chi connectivity index (χ0n) is 24.6. The minimum Gasteiger partial charge on any atom is -0.467 e. The Balaban J connectivity index is 2.62. The lowest BCUT2D eigenvalue weighted by Crippen LogP contribution is -2.64. The van der Waals surface area contributed by atoms with Gasteiger partial charge < -0.3 is 32.8 Å². The van der Waals surface area contributed by atoms with Crippen molar-refractivity contribution >= 4 is 37.9 Å². The second-order valence-electron chi connectivity index (χ2n) is 10.9. The topological polar surface area (TPSA) is 176 Å². The van der Waals surface area contributed by atoms with Crippen molar-refractivity contribution in [1.29, 1.82) is 0 Å². The van der Waals surface area contributed by atoms with Gasteiger partial charge >= 0.3 is 23.9 Å². The summed E-state index contributed by atoms with van der Waals surface area (Å²) < 4.78 is 38.8. The number of nitrogens with zero attached hydrogens (tertiary/aromatic N) is 1. The van der Waals surface area contributed by atoms with E-state index in [1.807, 2.05) is 33.9 Å². The second-order valence-corrected chi connectivity index (χ2v) is 15.7. The first kappa shape index (κ1) is 33.6. The number of ether oxygens (including phenoxy) is 6. The highest BCUT2D eigenvalue weighted by molar-refractivity contribution is 6.74. The molecule has 0 saturated carbocycles. The first-order valence-corrected chi connectivity index (χ1v) is 15.6. The Kier molecular flexibility index (Phi) is 11.0. The van der Waals surface area contributed by atoms with Crippen molar-refractivity contribution in [3.05, 3.63) is 33.9 Å². The van der Waals surface area contributed by atoms with Crippen molar-refractivity contribution in [1.82, 2.24) is 0 Å². The molecule has 1 heterocycles.